The number of hydrogen-bond acceptors (Lipinski definition) is 5. The Labute approximate surface area is 236 Å². The zero-order valence-corrected chi connectivity index (χ0v) is 22.9. The molecule has 0 aliphatic carbocycles. The molecule has 4 aromatic rings. The van der Waals surface area contributed by atoms with Gasteiger partial charge in [0, 0.05) is 56.2 Å². The minimum atomic E-state index is 0.0486. The van der Waals surface area contributed by atoms with Crippen LogP contribution >= 0.6 is 0 Å². The van der Waals surface area contributed by atoms with E-state index >= 15 is 0 Å². The molecule has 0 radical (unpaired) electrons. The number of hydrogen-bond donors (Lipinski definition) is 0. The number of benzene rings is 3. The molecule has 2 aliphatic rings. The third-order valence-electron chi connectivity index (χ3n) is 8.19. The topological polar surface area (TPSA) is 58.6 Å². The summed E-state index contributed by atoms with van der Waals surface area (Å²) in [5.41, 5.74) is 6.19. The fourth-order valence-corrected chi connectivity index (χ4v) is 6.00. The highest BCUT2D eigenvalue weighted by atomic mass is 16.5. The van der Waals surface area contributed by atoms with Crippen molar-refractivity contribution in [1.82, 2.24) is 19.8 Å². The lowest BCUT2D eigenvalue weighted by Gasteiger charge is -2.29. The Balaban J connectivity index is 1.15. The first-order chi connectivity index (χ1) is 19.7. The van der Waals surface area contributed by atoms with Gasteiger partial charge >= 0.3 is 0 Å². The van der Waals surface area contributed by atoms with Gasteiger partial charge in [0.2, 0.25) is 0 Å². The van der Waals surface area contributed by atoms with Crippen molar-refractivity contribution in [1.29, 1.82) is 0 Å². The van der Waals surface area contributed by atoms with Gasteiger partial charge in [0.15, 0.2) is 12.4 Å². The summed E-state index contributed by atoms with van der Waals surface area (Å²) in [6.45, 7) is 4.23. The van der Waals surface area contributed by atoms with Crippen molar-refractivity contribution in [2.24, 2.45) is 0 Å². The predicted molar refractivity (Wildman–Crippen MR) is 157 cm³/mol. The van der Waals surface area contributed by atoms with Crippen molar-refractivity contribution in [2.45, 2.75) is 44.7 Å². The summed E-state index contributed by atoms with van der Waals surface area (Å²) in [4.78, 5) is 26.6. The Kier molecular flexibility index (Phi) is 8.15. The molecule has 1 saturated heterocycles. The van der Waals surface area contributed by atoms with Gasteiger partial charge in [-0.1, -0.05) is 54.6 Å². The number of carbonyl (C=O) groups is 1. The minimum Gasteiger partial charge on any atom is -0.483 e. The van der Waals surface area contributed by atoms with E-state index in [0.717, 1.165) is 75.3 Å². The highest BCUT2D eigenvalue weighted by Gasteiger charge is 2.23. The van der Waals surface area contributed by atoms with Gasteiger partial charge in [-0.05, 0) is 72.6 Å². The Morgan fingerprint density at radius 2 is 1.65 bits per heavy atom. The van der Waals surface area contributed by atoms with Crippen molar-refractivity contribution in [2.75, 3.05) is 26.2 Å². The van der Waals surface area contributed by atoms with Gasteiger partial charge in [-0.15, -0.1) is 0 Å². The standard InChI is InChI=1S/C34H36N4O2/c39-33(38-19-6-12-27(16-21-38)26-8-2-1-3-9-26)25-40-32-14-13-29(34-35-17-7-18-36-34)22-31(32)24-37-20-15-28-10-4-5-11-30(28)23-37/h1-5,7-11,13-14,17-18,22,27H,6,12,15-16,19-21,23-25H2/t27-/m1/s1. The summed E-state index contributed by atoms with van der Waals surface area (Å²) >= 11 is 0. The fourth-order valence-electron chi connectivity index (χ4n) is 6.00. The molecule has 6 rings (SSSR count). The second-order valence-corrected chi connectivity index (χ2v) is 10.8. The van der Waals surface area contributed by atoms with E-state index in [9.17, 15) is 4.79 Å². The van der Waals surface area contributed by atoms with Gasteiger partial charge < -0.3 is 9.64 Å². The van der Waals surface area contributed by atoms with Crippen molar-refractivity contribution in [3.63, 3.8) is 0 Å². The largest absolute Gasteiger partial charge is 0.483 e. The second-order valence-electron chi connectivity index (χ2n) is 10.8. The summed E-state index contributed by atoms with van der Waals surface area (Å²) in [5.74, 6) is 2.01. The highest BCUT2D eigenvalue weighted by Crippen LogP contribution is 2.30. The molecule has 0 spiro atoms. The number of rotatable bonds is 7. The molecule has 2 aliphatic heterocycles. The van der Waals surface area contributed by atoms with Crippen LogP contribution in [0.4, 0.5) is 0 Å². The Morgan fingerprint density at radius 3 is 2.50 bits per heavy atom. The average Bonchev–Trinajstić information content (AvgIpc) is 3.28. The Hall–Kier alpha value is -4.03. The number of carbonyl (C=O) groups excluding carboxylic acids is 1. The maximum Gasteiger partial charge on any atom is 0.260 e. The molecule has 3 aromatic carbocycles. The molecule has 0 saturated carbocycles. The fraction of sp³-hybridized carbons (Fsp3) is 0.324. The van der Waals surface area contributed by atoms with Gasteiger partial charge in [0.1, 0.15) is 5.75 Å². The van der Waals surface area contributed by atoms with Crippen LogP contribution in [-0.2, 0) is 24.3 Å². The van der Waals surface area contributed by atoms with Crippen LogP contribution in [0.2, 0.25) is 0 Å². The monoisotopic (exact) mass is 532 g/mol. The normalized spacial score (nSPS) is 17.6. The van der Waals surface area contributed by atoms with Gasteiger partial charge in [-0.25, -0.2) is 9.97 Å². The van der Waals surface area contributed by atoms with Crippen LogP contribution in [0.25, 0.3) is 11.4 Å². The van der Waals surface area contributed by atoms with Crippen LogP contribution in [0.5, 0.6) is 5.75 Å². The molecule has 1 fully saturated rings. The van der Waals surface area contributed by atoms with E-state index in [-0.39, 0.29) is 12.5 Å². The smallest absolute Gasteiger partial charge is 0.260 e. The number of aromatic nitrogens is 2. The maximum absolute atomic E-state index is 13.3. The lowest BCUT2D eigenvalue weighted by molar-refractivity contribution is -0.133. The van der Waals surface area contributed by atoms with Crippen LogP contribution in [-0.4, -0.2) is 51.9 Å². The molecule has 40 heavy (non-hydrogen) atoms. The summed E-state index contributed by atoms with van der Waals surface area (Å²) < 4.78 is 6.25. The Bertz CT molecular complexity index is 1430. The molecule has 1 aromatic heterocycles. The molecule has 1 amide bonds. The molecule has 0 bridgehead atoms. The Morgan fingerprint density at radius 1 is 0.850 bits per heavy atom. The van der Waals surface area contributed by atoms with Crippen molar-refractivity contribution >= 4 is 5.91 Å². The zero-order chi connectivity index (χ0) is 27.1. The first-order valence-electron chi connectivity index (χ1n) is 14.4. The van der Waals surface area contributed by atoms with E-state index in [2.05, 4.69) is 75.5 Å². The minimum absolute atomic E-state index is 0.0486. The summed E-state index contributed by atoms with van der Waals surface area (Å²) in [5, 5.41) is 0. The van der Waals surface area contributed by atoms with Crippen LogP contribution in [0.1, 0.15) is 47.4 Å². The average molecular weight is 533 g/mol. The molecule has 1 atom stereocenters. The van der Waals surface area contributed by atoms with E-state index in [4.69, 9.17) is 4.74 Å². The van der Waals surface area contributed by atoms with Crippen molar-refractivity contribution in [3.05, 3.63) is 114 Å². The van der Waals surface area contributed by atoms with Crippen LogP contribution in [0, 0.1) is 0 Å². The summed E-state index contributed by atoms with van der Waals surface area (Å²) in [7, 11) is 0. The summed E-state index contributed by atoms with van der Waals surface area (Å²) in [6.07, 6.45) is 7.67. The predicted octanol–water partition coefficient (Wildman–Crippen LogP) is 5.88. The molecule has 0 unspecified atom stereocenters. The first kappa shape index (κ1) is 26.2. The van der Waals surface area contributed by atoms with Crippen LogP contribution < -0.4 is 4.74 Å². The van der Waals surface area contributed by atoms with Gasteiger partial charge in [-0.2, -0.15) is 0 Å². The SMILES string of the molecule is O=C(COc1ccc(-c2ncccn2)cc1CN1CCc2ccccc2C1)N1CCC[C@@H](c2ccccc2)CC1. The molecule has 3 heterocycles. The molecule has 6 heteroatoms. The molecular weight excluding hydrogens is 496 g/mol. The van der Waals surface area contributed by atoms with Crippen LogP contribution in [0.3, 0.4) is 0 Å². The van der Waals surface area contributed by atoms with Gasteiger partial charge in [0.05, 0.1) is 0 Å². The lowest BCUT2D eigenvalue weighted by Crippen LogP contribution is -2.36. The third-order valence-corrected chi connectivity index (χ3v) is 8.19. The van der Waals surface area contributed by atoms with Crippen molar-refractivity contribution in [3.8, 4) is 17.1 Å². The van der Waals surface area contributed by atoms with E-state index in [0.29, 0.717) is 11.7 Å². The number of nitrogens with zero attached hydrogens (tertiary/aromatic N) is 4. The molecule has 6 nitrogen and oxygen atoms in total. The van der Waals surface area contributed by atoms with Crippen LogP contribution in [0.15, 0.2) is 91.3 Å². The first-order valence-corrected chi connectivity index (χ1v) is 14.4. The zero-order valence-electron chi connectivity index (χ0n) is 22.9. The third kappa shape index (κ3) is 6.23. The number of amides is 1. The van der Waals surface area contributed by atoms with E-state index in [1.165, 1.54) is 16.7 Å². The number of ether oxygens (including phenoxy) is 1. The van der Waals surface area contributed by atoms with E-state index < -0.39 is 0 Å². The molecule has 204 valence electrons. The number of likely N-dealkylation sites (tertiary alicyclic amines) is 1. The van der Waals surface area contributed by atoms with E-state index in [1.807, 2.05) is 23.1 Å². The van der Waals surface area contributed by atoms with Gasteiger partial charge in [-0.3, -0.25) is 9.69 Å². The quantitative estimate of drug-likeness (QED) is 0.298. The maximum atomic E-state index is 13.3. The summed E-state index contributed by atoms with van der Waals surface area (Å²) in [6, 6.07) is 27.3. The lowest BCUT2D eigenvalue weighted by atomic mass is 9.92. The molecule has 0 N–H and O–H groups in total. The van der Waals surface area contributed by atoms with E-state index in [1.54, 1.807) is 12.4 Å². The second kappa shape index (κ2) is 12.4. The van der Waals surface area contributed by atoms with Gasteiger partial charge in [0.25, 0.3) is 5.91 Å². The number of fused-ring (bicyclic) bond motifs is 1. The molecular formula is C34H36N4O2. The van der Waals surface area contributed by atoms with Crippen molar-refractivity contribution < 1.29 is 9.53 Å². The highest BCUT2D eigenvalue weighted by molar-refractivity contribution is 5.78.